The molecule has 3 aromatic rings. The van der Waals surface area contributed by atoms with Gasteiger partial charge in [-0.15, -0.1) is 0 Å². The highest BCUT2D eigenvalue weighted by Gasteiger charge is 2.36. The van der Waals surface area contributed by atoms with Gasteiger partial charge in [0.05, 0.1) is 28.1 Å². The molecule has 6 nitrogen and oxygen atoms in total. The van der Waals surface area contributed by atoms with E-state index in [0.29, 0.717) is 16.7 Å². The largest absolute Gasteiger partial charge is 0.282 e. The fourth-order valence-corrected chi connectivity index (χ4v) is 6.04. The Bertz CT molecular complexity index is 1230. The summed E-state index contributed by atoms with van der Waals surface area (Å²) in [6, 6.07) is 10.1. The Morgan fingerprint density at radius 1 is 1.07 bits per heavy atom. The summed E-state index contributed by atoms with van der Waals surface area (Å²) in [5.41, 5.74) is 2.84. The van der Waals surface area contributed by atoms with Crippen LogP contribution < -0.4 is 0 Å². The fraction of sp³-hybridized carbons (Fsp3) is 0.158. The van der Waals surface area contributed by atoms with E-state index >= 15 is 0 Å². The number of carbonyl (C=O) groups is 2. The first-order valence-electron chi connectivity index (χ1n) is 8.32. The van der Waals surface area contributed by atoms with Crippen molar-refractivity contribution >= 4 is 62.9 Å². The molecule has 4 rings (SSSR count). The minimum Gasteiger partial charge on any atom is -0.282 e. The molecular weight excluding hydrogens is 511 g/mol. The van der Waals surface area contributed by atoms with Crippen LogP contribution in [0.3, 0.4) is 0 Å². The first-order valence-corrected chi connectivity index (χ1v) is 13.5. The lowest BCUT2D eigenvalue weighted by atomic mass is 10.1. The zero-order chi connectivity index (χ0) is 20.2. The third-order valence-electron chi connectivity index (χ3n) is 4.86. The average molecular weight is 526 g/mol. The van der Waals surface area contributed by atoms with Crippen molar-refractivity contribution in [2.75, 3.05) is 6.26 Å². The average Bonchev–Trinajstić information content (AvgIpc) is 3.19. The lowest BCUT2D eigenvalue weighted by Gasteiger charge is -2.18. The Hall–Kier alpha value is -1.85. The molecule has 1 aliphatic heterocycles. The van der Waals surface area contributed by atoms with Gasteiger partial charge in [0.25, 0.3) is 11.8 Å². The van der Waals surface area contributed by atoms with E-state index in [2.05, 4.69) is 21.2 Å². The SMILES string of the molecule is Cc1cc(S(C)(=O)=O)c(CN2C(=O)c3ccccc3C2=O)c2ccn(SI)c12. The fourth-order valence-electron chi connectivity index (χ4n) is 3.62. The molecule has 0 bridgehead atoms. The maximum atomic E-state index is 12.8. The number of rotatable bonds is 4. The summed E-state index contributed by atoms with van der Waals surface area (Å²) < 4.78 is 26.9. The normalized spacial score (nSPS) is 14.2. The minimum absolute atomic E-state index is 0.0958. The van der Waals surface area contributed by atoms with E-state index in [9.17, 15) is 18.0 Å². The van der Waals surface area contributed by atoms with Gasteiger partial charge < -0.3 is 0 Å². The minimum atomic E-state index is -3.56. The van der Waals surface area contributed by atoms with Gasteiger partial charge in [-0.05, 0) is 36.8 Å². The number of aromatic nitrogens is 1. The monoisotopic (exact) mass is 526 g/mol. The van der Waals surface area contributed by atoms with Gasteiger partial charge in [-0.25, -0.2) is 8.42 Å². The maximum absolute atomic E-state index is 12.8. The zero-order valence-electron chi connectivity index (χ0n) is 15.0. The molecule has 0 spiro atoms. The summed E-state index contributed by atoms with van der Waals surface area (Å²) in [5, 5.41) is 0.723. The van der Waals surface area contributed by atoms with Crippen molar-refractivity contribution in [1.29, 1.82) is 0 Å². The van der Waals surface area contributed by atoms with Gasteiger partial charge in [0.15, 0.2) is 9.84 Å². The second-order valence-corrected chi connectivity index (χ2v) is 10.4. The standard InChI is InChI=1S/C19H15IN2O4S2/c1-11-9-16(28(2,25)26)15(12-7-8-22(27-20)17(11)12)10-21-18(23)13-5-3-4-6-14(13)19(21)24/h3-9H,10H2,1-2H3. The number of amides is 2. The van der Waals surface area contributed by atoms with Gasteiger partial charge in [-0.2, -0.15) is 0 Å². The van der Waals surface area contributed by atoms with E-state index in [-0.39, 0.29) is 11.4 Å². The summed E-state index contributed by atoms with van der Waals surface area (Å²) in [7, 11) is -2.09. The first-order chi connectivity index (χ1) is 13.2. The number of benzene rings is 2. The van der Waals surface area contributed by atoms with Crippen molar-refractivity contribution in [2.24, 2.45) is 0 Å². The predicted molar refractivity (Wildman–Crippen MR) is 117 cm³/mol. The quantitative estimate of drug-likeness (QED) is 0.380. The summed E-state index contributed by atoms with van der Waals surface area (Å²) in [6.45, 7) is 1.76. The number of sulfone groups is 1. The van der Waals surface area contributed by atoms with E-state index in [4.69, 9.17) is 0 Å². The highest BCUT2D eigenvalue weighted by atomic mass is 127. The van der Waals surface area contributed by atoms with Crippen molar-refractivity contribution in [2.45, 2.75) is 18.4 Å². The smallest absolute Gasteiger partial charge is 0.261 e. The van der Waals surface area contributed by atoms with Crippen LogP contribution in [0.4, 0.5) is 0 Å². The van der Waals surface area contributed by atoms with E-state index in [1.54, 1.807) is 30.3 Å². The number of halogens is 1. The molecule has 0 saturated heterocycles. The Balaban J connectivity index is 1.92. The Morgan fingerprint density at radius 2 is 1.68 bits per heavy atom. The zero-order valence-corrected chi connectivity index (χ0v) is 18.8. The Labute approximate surface area is 178 Å². The van der Waals surface area contributed by atoms with Crippen LogP contribution in [0.15, 0.2) is 47.5 Å². The molecule has 9 heteroatoms. The van der Waals surface area contributed by atoms with Crippen LogP contribution in [-0.2, 0) is 16.4 Å². The maximum Gasteiger partial charge on any atom is 0.261 e. The molecule has 144 valence electrons. The molecule has 0 saturated carbocycles. The molecule has 0 atom stereocenters. The van der Waals surface area contributed by atoms with Crippen molar-refractivity contribution in [3.05, 3.63) is 64.8 Å². The predicted octanol–water partition coefficient (Wildman–Crippen LogP) is 4.00. The number of hydrogen-bond acceptors (Lipinski definition) is 5. The van der Waals surface area contributed by atoms with Crippen LogP contribution in [0.2, 0.25) is 0 Å². The third-order valence-corrected chi connectivity index (χ3v) is 7.75. The van der Waals surface area contributed by atoms with Gasteiger partial charge >= 0.3 is 0 Å². The second-order valence-electron chi connectivity index (χ2n) is 6.66. The topological polar surface area (TPSA) is 76.5 Å². The Kier molecular flexibility index (Phi) is 4.79. The molecule has 2 heterocycles. The summed E-state index contributed by atoms with van der Waals surface area (Å²) in [6.07, 6.45) is 3.00. The summed E-state index contributed by atoms with van der Waals surface area (Å²) in [4.78, 5) is 26.8. The van der Waals surface area contributed by atoms with Gasteiger partial charge in [0.2, 0.25) is 0 Å². The number of nitrogens with zero attached hydrogens (tertiary/aromatic N) is 2. The molecule has 1 aromatic heterocycles. The molecular formula is C19H15IN2O4S2. The summed E-state index contributed by atoms with van der Waals surface area (Å²) >= 11 is 2.15. The van der Waals surface area contributed by atoms with Crippen LogP contribution in [0.1, 0.15) is 31.8 Å². The van der Waals surface area contributed by atoms with E-state index in [0.717, 1.165) is 27.6 Å². The van der Waals surface area contributed by atoms with E-state index in [1.807, 2.05) is 23.2 Å². The summed E-state index contributed by atoms with van der Waals surface area (Å²) in [5.74, 6) is -0.812. The molecule has 1 aliphatic rings. The van der Waals surface area contributed by atoms with Crippen LogP contribution >= 0.6 is 30.3 Å². The van der Waals surface area contributed by atoms with Crippen LogP contribution in [-0.4, -0.2) is 35.4 Å². The number of fused-ring (bicyclic) bond motifs is 2. The molecule has 0 fully saturated rings. The molecule has 28 heavy (non-hydrogen) atoms. The van der Waals surface area contributed by atoms with E-state index in [1.165, 1.54) is 9.12 Å². The van der Waals surface area contributed by atoms with Crippen LogP contribution in [0.5, 0.6) is 0 Å². The van der Waals surface area contributed by atoms with Crippen molar-refractivity contribution in [3.8, 4) is 0 Å². The molecule has 0 N–H and O–H groups in total. The number of imide groups is 1. The van der Waals surface area contributed by atoms with Gasteiger partial charge in [-0.1, -0.05) is 12.1 Å². The van der Waals surface area contributed by atoms with Crippen molar-refractivity contribution in [3.63, 3.8) is 0 Å². The third kappa shape index (κ3) is 2.96. The number of hydrogen-bond donors (Lipinski definition) is 0. The lowest BCUT2D eigenvalue weighted by molar-refractivity contribution is 0.0641. The van der Waals surface area contributed by atoms with Crippen LogP contribution in [0.25, 0.3) is 10.9 Å². The van der Waals surface area contributed by atoms with Crippen LogP contribution in [0, 0.1) is 6.92 Å². The van der Waals surface area contributed by atoms with Crippen molar-refractivity contribution < 1.29 is 18.0 Å². The second kappa shape index (κ2) is 6.89. The van der Waals surface area contributed by atoms with Crippen molar-refractivity contribution in [1.82, 2.24) is 8.87 Å². The highest BCUT2D eigenvalue weighted by Crippen LogP contribution is 2.35. The van der Waals surface area contributed by atoms with E-state index < -0.39 is 21.7 Å². The molecule has 0 radical (unpaired) electrons. The van der Waals surface area contributed by atoms with Gasteiger partial charge in [0, 0.05) is 53.7 Å². The number of carbonyl (C=O) groups excluding carboxylic acids is 2. The molecule has 0 aliphatic carbocycles. The number of aryl methyl sites for hydroxylation is 1. The molecule has 0 unspecified atom stereocenters. The molecule has 2 aromatic carbocycles. The lowest BCUT2D eigenvalue weighted by Crippen LogP contribution is -2.30. The highest BCUT2D eigenvalue weighted by molar-refractivity contribution is 14.2. The van der Waals surface area contributed by atoms with Gasteiger partial charge in [-0.3, -0.25) is 18.5 Å². The Morgan fingerprint density at radius 3 is 2.21 bits per heavy atom. The van der Waals surface area contributed by atoms with Gasteiger partial charge in [0.1, 0.15) is 0 Å². The molecule has 2 amide bonds. The first kappa shape index (κ1) is 19.5.